The fourth-order valence-corrected chi connectivity index (χ4v) is 2.88. The maximum Gasteiger partial charge on any atom is 0.138 e. The molecule has 0 amide bonds. The van der Waals surface area contributed by atoms with Crippen molar-refractivity contribution in [1.82, 2.24) is 4.57 Å². The molecule has 20 heavy (non-hydrogen) atoms. The minimum absolute atomic E-state index is 0.00652. The van der Waals surface area contributed by atoms with Crippen LogP contribution < -0.4 is 5.73 Å². The van der Waals surface area contributed by atoms with Crippen molar-refractivity contribution >= 4 is 26.8 Å². The van der Waals surface area contributed by atoms with Gasteiger partial charge < -0.3 is 15.0 Å². The van der Waals surface area contributed by atoms with Gasteiger partial charge >= 0.3 is 0 Å². The molecule has 0 aliphatic carbocycles. The number of hydrogen-bond acceptors (Lipinski definition) is 2. The summed E-state index contributed by atoms with van der Waals surface area (Å²) in [5, 5.41) is 0.876. The number of nitrogens with two attached hydrogens (primary N) is 1. The summed E-state index contributed by atoms with van der Waals surface area (Å²) < 4.78 is 21.6. The molecule has 2 aromatic rings. The van der Waals surface area contributed by atoms with Crippen LogP contribution in [-0.2, 0) is 17.8 Å². The normalized spacial score (nSPS) is 12.3. The summed E-state index contributed by atoms with van der Waals surface area (Å²) >= 11 is 3.25. The molecule has 110 valence electrons. The molecule has 5 heteroatoms. The van der Waals surface area contributed by atoms with Gasteiger partial charge in [0.05, 0.1) is 11.1 Å². The summed E-state index contributed by atoms with van der Waals surface area (Å²) in [6.45, 7) is 6.13. The lowest BCUT2D eigenvalue weighted by Gasteiger charge is -2.24. The van der Waals surface area contributed by atoms with E-state index in [0.717, 1.165) is 23.0 Å². The molecule has 3 nitrogen and oxygen atoms in total. The van der Waals surface area contributed by atoms with Crippen molar-refractivity contribution in [1.29, 1.82) is 0 Å². The lowest BCUT2D eigenvalue weighted by Crippen LogP contribution is -2.24. The standard InChI is InChI=1S/C15H20BrFN2O/c1-15(2,9-20-3)8-19-7-10(6-18)11-4-13(17)12(16)5-14(11)19/h4-5,7H,6,8-9,18H2,1-3H3. The first kappa shape index (κ1) is 15.5. The maximum absolute atomic E-state index is 13.7. The van der Waals surface area contributed by atoms with Gasteiger partial charge in [-0.3, -0.25) is 0 Å². The Hall–Kier alpha value is -0.910. The van der Waals surface area contributed by atoms with E-state index in [1.807, 2.05) is 12.3 Å². The summed E-state index contributed by atoms with van der Waals surface area (Å²) in [7, 11) is 1.70. The van der Waals surface area contributed by atoms with Gasteiger partial charge in [-0.1, -0.05) is 13.8 Å². The number of ether oxygens (including phenoxy) is 1. The SMILES string of the molecule is COCC(C)(C)Cn1cc(CN)c2cc(F)c(Br)cc21. The molecule has 2 N–H and O–H groups in total. The van der Waals surface area contributed by atoms with Crippen molar-refractivity contribution in [3.05, 3.63) is 34.2 Å². The smallest absolute Gasteiger partial charge is 0.138 e. The minimum Gasteiger partial charge on any atom is -0.384 e. The average molecular weight is 343 g/mol. The van der Waals surface area contributed by atoms with Gasteiger partial charge in [0.15, 0.2) is 0 Å². The van der Waals surface area contributed by atoms with E-state index in [-0.39, 0.29) is 11.2 Å². The second kappa shape index (κ2) is 5.84. The van der Waals surface area contributed by atoms with Crippen LogP contribution in [0.2, 0.25) is 0 Å². The summed E-state index contributed by atoms with van der Waals surface area (Å²) in [4.78, 5) is 0. The van der Waals surface area contributed by atoms with Crippen LogP contribution in [0.5, 0.6) is 0 Å². The first-order valence-corrected chi connectivity index (χ1v) is 7.33. The minimum atomic E-state index is -0.263. The topological polar surface area (TPSA) is 40.2 Å². The van der Waals surface area contributed by atoms with Crippen LogP contribution in [-0.4, -0.2) is 18.3 Å². The molecule has 0 radical (unpaired) electrons. The van der Waals surface area contributed by atoms with Gasteiger partial charge in [-0.05, 0) is 33.6 Å². The second-order valence-electron chi connectivity index (χ2n) is 5.87. The number of rotatable bonds is 5. The van der Waals surface area contributed by atoms with Crippen molar-refractivity contribution in [2.75, 3.05) is 13.7 Å². The van der Waals surface area contributed by atoms with Gasteiger partial charge in [0.1, 0.15) is 5.82 Å². The number of methoxy groups -OCH3 is 1. The van der Waals surface area contributed by atoms with Crippen LogP contribution in [0.4, 0.5) is 4.39 Å². The van der Waals surface area contributed by atoms with Gasteiger partial charge in [0, 0.05) is 42.7 Å². The van der Waals surface area contributed by atoms with E-state index in [9.17, 15) is 4.39 Å². The van der Waals surface area contributed by atoms with Crippen LogP contribution in [0.25, 0.3) is 10.9 Å². The summed E-state index contributed by atoms with van der Waals surface area (Å²) in [6.07, 6.45) is 2.01. The fraction of sp³-hybridized carbons (Fsp3) is 0.467. The molecule has 0 saturated heterocycles. The molecule has 2 rings (SSSR count). The Balaban J connectivity index is 2.51. The molecular formula is C15H20BrFN2O. The molecule has 0 aliphatic heterocycles. The number of hydrogen-bond donors (Lipinski definition) is 1. The van der Waals surface area contributed by atoms with E-state index in [1.54, 1.807) is 13.2 Å². The highest BCUT2D eigenvalue weighted by molar-refractivity contribution is 9.10. The van der Waals surface area contributed by atoms with Crippen molar-refractivity contribution in [3.63, 3.8) is 0 Å². The van der Waals surface area contributed by atoms with E-state index < -0.39 is 0 Å². The van der Waals surface area contributed by atoms with Crippen LogP contribution in [0.15, 0.2) is 22.8 Å². The third-order valence-electron chi connectivity index (χ3n) is 3.36. The summed E-state index contributed by atoms with van der Waals surface area (Å²) in [5.74, 6) is -0.263. The molecule has 1 aromatic heterocycles. The van der Waals surface area contributed by atoms with Gasteiger partial charge in [0.25, 0.3) is 0 Å². The number of nitrogens with zero attached hydrogens (tertiary/aromatic N) is 1. The van der Waals surface area contributed by atoms with Crippen LogP contribution >= 0.6 is 15.9 Å². The van der Waals surface area contributed by atoms with Crippen LogP contribution in [0.3, 0.4) is 0 Å². The molecule has 0 unspecified atom stereocenters. The summed E-state index contributed by atoms with van der Waals surface area (Å²) in [6, 6.07) is 3.36. The quantitative estimate of drug-likeness (QED) is 0.900. The van der Waals surface area contributed by atoms with Gasteiger partial charge in [-0.2, -0.15) is 0 Å². The third kappa shape index (κ3) is 3.05. The number of benzene rings is 1. The fourth-order valence-electron chi connectivity index (χ4n) is 2.55. The molecule has 1 aromatic carbocycles. The first-order chi connectivity index (χ1) is 9.38. The lowest BCUT2D eigenvalue weighted by molar-refractivity contribution is 0.0928. The Kier molecular flexibility index (Phi) is 4.52. The van der Waals surface area contributed by atoms with E-state index in [2.05, 4.69) is 34.3 Å². The van der Waals surface area contributed by atoms with E-state index >= 15 is 0 Å². The van der Waals surface area contributed by atoms with Crippen molar-refractivity contribution in [2.24, 2.45) is 11.1 Å². The zero-order valence-corrected chi connectivity index (χ0v) is 13.6. The lowest BCUT2D eigenvalue weighted by atomic mass is 9.95. The Labute approximate surface area is 127 Å². The first-order valence-electron chi connectivity index (χ1n) is 6.54. The highest BCUT2D eigenvalue weighted by Crippen LogP contribution is 2.30. The van der Waals surface area contributed by atoms with Crippen LogP contribution in [0, 0.1) is 11.2 Å². The molecule has 0 spiro atoms. The number of fused-ring (bicyclic) bond motifs is 1. The zero-order valence-electron chi connectivity index (χ0n) is 12.0. The predicted octanol–water partition coefficient (Wildman–Crippen LogP) is 3.67. The third-order valence-corrected chi connectivity index (χ3v) is 3.97. The van der Waals surface area contributed by atoms with Crippen molar-refractivity contribution in [3.8, 4) is 0 Å². The highest BCUT2D eigenvalue weighted by Gasteiger charge is 2.21. The second-order valence-corrected chi connectivity index (χ2v) is 6.72. The van der Waals surface area contributed by atoms with E-state index in [0.29, 0.717) is 17.6 Å². The maximum atomic E-state index is 13.7. The Morgan fingerprint density at radius 2 is 2.10 bits per heavy atom. The summed E-state index contributed by atoms with van der Waals surface area (Å²) in [5.41, 5.74) is 7.71. The molecule has 0 fully saturated rings. The molecule has 0 saturated carbocycles. The Bertz CT molecular complexity index is 622. The molecular weight excluding hydrogens is 323 g/mol. The van der Waals surface area contributed by atoms with E-state index in [1.165, 1.54) is 0 Å². The monoisotopic (exact) mass is 342 g/mol. The van der Waals surface area contributed by atoms with Crippen molar-refractivity contribution < 1.29 is 9.13 Å². The Morgan fingerprint density at radius 3 is 2.70 bits per heavy atom. The number of halogens is 2. The van der Waals surface area contributed by atoms with Gasteiger partial charge in [0.2, 0.25) is 0 Å². The average Bonchev–Trinajstić information content (AvgIpc) is 2.67. The molecule has 0 bridgehead atoms. The zero-order chi connectivity index (χ0) is 14.9. The number of aromatic nitrogens is 1. The highest BCUT2D eigenvalue weighted by atomic mass is 79.9. The molecule has 1 heterocycles. The van der Waals surface area contributed by atoms with Crippen LogP contribution in [0.1, 0.15) is 19.4 Å². The largest absolute Gasteiger partial charge is 0.384 e. The van der Waals surface area contributed by atoms with E-state index in [4.69, 9.17) is 10.5 Å². The molecule has 0 aliphatic rings. The van der Waals surface area contributed by atoms with Gasteiger partial charge in [-0.15, -0.1) is 0 Å². The Morgan fingerprint density at radius 1 is 1.40 bits per heavy atom. The van der Waals surface area contributed by atoms with Gasteiger partial charge in [-0.25, -0.2) is 4.39 Å². The predicted molar refractivity (Wildman–Crippen MR) is 83.1 cm³/mol. The molecule has 0 atom stereocenters. The van der Waals surface area contributed by atoms with Crippen molar-refractivity contribution in [2.45, 2.75) is 26.9 Å².